The van der Waals surface area contributed by atoms with Gasteiger partial charge in [0, 0.05) is 25.1 Å². The highest BCUT2D eigenvalue weighted by Crippen LogP contribution is 2.18. The molecule has 0 saturated heterocycles. The maximum Gasteiger partial charge on any atom is 0.243 e. The van der Waals surface area contributed by atoms with Crippen molar-refractivity contribution >= 4 is 11.8 Å². The predicted octanol–water partition coefficient (Wildman–Crippen LogP) is 4.45. The molecule has 0 aromatic heterocycles. The Morgan fingerprint density at radius 1 is 0.938 bits per heavy atom. The Balaban J connectivity index is 1.97. The van der Waals surface area contributed by atoms with Crippen LogP contribution in [0.4, 0.5) is 4.39 Å². The van der Waals surface area contributed by atoms with Crippen molar-refractivity contribution in [3.05, 3.63) is 107 Å². The molecule has 3 aromatic carbocycles. The summed E-state index contributed by atoms with van der Waals surface area (Å²) < 4.78 is 14.5. The lowest BCUT2D eigenvalue weighted by atomic mass is 10.0. The van der Waals surface area contributed by atoms with Crippen molar-refractivity contribution in [2.45, 2.75) is 39.3 Å². The molecule has 166 valence electrons. The molecule has 0 radical (unpaired) electrons. The first-order valence-corrected chi connectivity index (χ1v) is 10.9. The summed E-state index contributed by atoms with van der Waals surface area (Å²) in [5, 5.41) is 2.85. The first kappa shape index (κ1) is 23.2. The number of benzene rings is 3. The molecule has 0 aliphatic heterocycles. The molecule has 3 rings (SSSR count). The van der Waals surface area contributed by atoms with E-state index in [1.807, 2.05) is 68.4 Å². The second-order valence-electron chi connectivity index (χ2n) is 7.88. The van der Waals surface area contributed by atoms with Gasteiger partial charge in [-0.25, -0.2) is 4.39 Å². The van der Waals surface area contributed by atoms with E-state index in [9.17, 15) is 14.0 Å². The molecular weight excluding hydrogens is 403 g/mol. The fraction of sp³-hybridized carbons (Fsp3) is 0.259. The number of carbonyl (C=O) groups is 2. The van der Waals surface area contributed by atoms with E-state index in [-0.39, 0.29) is 24.8 Å². The van der Waals surface area contributed by atoms with Gasteiger partial charge in [-0.1, -0.05) is 78.4 Å². The molecule has 0 aliphatic rings. The summed E-state index contributed by atoms with van der Waals surface area (Å²) in [6.07, 6.45) is 0.488. The molecule has 4 nitrogen and oxygen atoms in total. The van der Waals surface area contributed by atoms with E-state index in [2.05, 4.69) is 5.32 Å². The van der Waals surface area contributed by atoms with E-state index in [0.717, 1.165) is 16.7 Å². The average Bonchev–Trinajstić information content (AvgIpc) is 2.78. The van der Waals surface area contributed by atoms with Gasteiger partial charge in [0.05, 0.1) is 6.42 Å². The SMILES string of the molecule is CCNC(=O)[C@@H](Cc1ccccc1)N(Cc1ccccc1F)C(=O)Cc1cccc(C)c1. The summed E-state index contributed by atoms with van der Waals surface area (Å²) in [5.74, 6) is -0.855. The Morgan fingerprint density at radius 3 is 2.31 bits per heavy atom. The Hall–Kier alpha value is -3.47. The van der Waals surface area contributed by atoms with Gasteiger partial charge in [0.25, 0.3) is 0 Å². The van der Waals surface area contributed by atoms with E-state index in [0.29, 0.717) is 18.5 Å². The first-order chi connectivity index (χ1) is 15.5. The normalized spacial score (nSPS) is 11.6. The molecule has 5 heteroatoms. The lowest BCUT2D eigenvalue weighted by molar-refractivity contribution is -0.140. The van der Waals surface area contributed by atoms with Gasteiger partial charge in [-0.2, -0.15) is 0 Å². The number of aryl methyl sites for hydroxylation is 1. The van der Waals surface area contributed by atoms with Crippen molar-refractivity contribution in [3.63, 3.8) is 0 Å². The average molecular weight is 433 g/mol. The van der Waals surface area contributed by atoms with Gasteiger partial charge >= 0.3 is 0 Å². The number of rotatable bonds is 9. The minimum absolute atomic E-state index is 0.0198. The molecule has 0 heterocycles. The van der Waals surface area contributed by atoms with Crippen LogP contribution in [-0.2, 0) is 29.0 Å². The van der Waals surface area contributed by atoms with Crippen LogP contribution in [0, 0.1) is 12.7 Å². The van der Waals surface area contributed by atoms with Crippen LogP contribution in [0.2, 0.25) is 0 Å². The van der Waals surface area contributed by atoms with Crippen LogP contribution in [0.5, 0.6) is 0 Å². The molecule has 0 bridgehead atoms. The molecule has 0 saturated carbocycles. The Kier molecular flexibility index (Phi) is 8.14. The standard InChI is InChI=1S/C27H29FN2O2/c1-3-29-27(32)25(17-21-11-5-4-6-12-21)30(19-23-14-7-8-15-24(23)28)26(31)18-22-13-9-10-20(2)16-22/h4-16,25H,3,17-19H2,1-2H3,(H,29,32)/t25-/m1/s1. The Morgan fingerprint density at radius 2 is 1.62 bits per heavy atom. The third kappa shape index (κ3) is 6.27. The molecule has 0 fully saturated rings. The number of hydrogen-bond donors (Lipinski definition) is 1. The fourth-order valence-corrected chi connectivity index (χ4v) is 3.75. The molecule has 3 aromatic rings. The zero-order valence-electron chi connectivity index (χ0n) is 18.6. The van der Waals surface area contributed by atoms with E-state index in [1.165, 1.54) is 11.0 Å². The van der Waals surface area contributed by atoms with Crippen LogP contribution in [0.1, 0.15) is 29.2 Å². The molecule has 32 heavy (non-hydrogen) atoms. The topological polar surface area (TPSA) is 49.4 Å². The molecule has 0 aliphatic carbocycles. The van der Waals surface area contributed by atoms with Crippen molar-refractivity contribution < 1.29 is 14.0 Å². The maximum atomic E-state index is 14.5. The van der Waals surface area contributed by atoms with Crippen molar-refractivity contribution in [1.82, 2.24) is 10.2 Å². The minimum Gasteiger partial charge on any atom is -0.355 e. The molecule has 2 amide bonds. The lowest BCUT2D eigenvalue weighted by Gasteiger charge is -2.31. The number of likely N-dealkylation sites (N-methyl/N-ethyl adjacent to an activating group) is 1. The molecular formula is C27H29FN2O2. The van der Waals surface area contributed by atoms with Crippen molar-refractivity contribution in [2.24, 2.45) is 0 Å². The van der Waals surface area contributed by atoms with Crippen LogP contribution in [0.3, 0.4) is 0 Å². The molecule has 1 atom stereocenters. The van der Waals surface area contributed by atoms with Gasteiger partial charge in [-0.3, -0.25) is 9.59 Å². The largest absolute Gasteiger partial charge is 0.355 e. The van der Waals surface area contributed by atoms with E-state index < -0.39 is 11.9 Å². The van der Waals surface area contributed by atoms with Gasteiger partial charge in [0.2, 0.25) is 11.8 Å². The molecule has 1 N–H and O–H groups in total. The van der Waals surface area contributed by atoms with Crippen LogP contribution in [-0.4, -0.2) is 29.3 Å². The van der Waals surface area contributed by atoms with Crippen molar-refractivity contribution in [1.29, 1.82) is 0 Å². The zero-order valence-corrected chi connectivity index (χ0v) is 18.6. The highest BCUT2D eigenvalue weighted by atomic mass is 19.1. The van der Waals surface area contributed by atoms with E-state index in [4.69, 9.17) is 0 Å². The number of amides is 2. The molecule has 0 unspecified atom stereocenters. The summed E-state index contributed by atoms with van der Waals surface area (Å²) in [6, 6.07) is 22.9. The number of hydrogen-bond acceptors (Lipinski definition) is 2. The first-order valence-electron chi connectivity index (χ1n) is 10.9. The smallest absolute Gasteiger partial charge is 0.243 e. The number of nitrogens with one attached hydrogen (secondary N) is 1. The van der Waals surface area contributed by atoms with Gasteiger partial charge in [-0.15, -0.1) is 0 Å². The van der Waals surface area contributed by atoms with Gasteiger partial charge in [0.15, 0.2) is 0 Å². The Bertz CT molecular complexity index is 1050. The van der Waals surface area contributed by atoms with Crippen LogP contribution < -0.4 is 5.32 Å². The molecule has 0 spiro atoms. The number of carbonyl (C=O) groups excluding carboxylic acids is 2. The summed E-state index contributed by atoms with van der Waals surface area (Å²) in [5.41, 5.74) is 3.24. The number of nitrogens with zero attached hydrogens (tertiary/aromatic N) is 1. The van der Waals surface area contributed by atoms with Crippen molar-refractivity contribution in [2.75, 3.05) is 6.54 Å². The second kappa shape index (κ2) is 11.2. The lowest BCUT2D eigenvalue weighted by Crippen LogP contribution is -2.51. The fourth-order valence-electron chi connectivity index (χ4n) is 3.75. The number of halogens is 1. The minimum atomic E-state index is -0.755. The van der Waals surface area contributed by atoms with Crippen LogP contribution >= 0.6 is 0 Å². The summed E-state index contributed by atoms with van der Waals surface area (Å²) in [4.78, 5) is 28.1. The third-order valence-corrected chi connectivity index (χ3v) is 5.36. The predicted molar refractivity (Wildman–Crippen MR) is 124 cm³/mol. The van der Waals surface area contributed by atoms with Crippen LogP contribution in [0.15, 0.2) is 78.9 Å². The van der Waals surface area contributed by atoms with Gasteiger partial charge in [-0.05, 0) is 31.0 Å². The highest BCUT2D eigenvalue weighted by Gasteiger charge is 2.30. The third-order valence-electron chi connectivity index (χ3n) is 5.36. The summed E-state index contributed by atoms with van der Waals surface area (Å²) in [7, 11) is 0. The summed E-state index contributed by atoms with van der Waals surface area (Å²) >= 11 is 0. The highest BCUT2D eigenvalue weighted by molar-refractivity contribution is 5.88. The van der Waals surface area contributed by atoms with Crippen molar-refractivity contribution in [3.8, 4) is 0 Å². The second-order valence-corrected chi connectivity index (χ2v) is 7.88. The van der Waals surface area contributed by atoms with Gasteiger partial charge in [0.1, 0.15) is 11.9 Å². The summed E-state index contributed by atoms with van der Waals surface area (Å²) in [6.45, 7) is 4.28. The Labute approximate surface area is 189 Å². The quantitative estimate of drug-likeness (QED) is 0.543. The zero-order chi connectivity index (χ0) is 22.9. The monoisotopic (exact) mass is 432 g/mol. The van der Waals surface area contributed by atoms with E-state index >= 15 is 0 Å². The van der Waals surface area contributed by atoms with E-state index in [1.54, 1.807) is 18.2 Å². The van der Waals surface area contributed by atoms with Gasteiger partial charge < -0.3 is 10.2 Å². The maximum absolute atomic E-state index is 14.5. The van der Waals surface area contributed by atoms with Crippen LogP contribution in [0.25, 0.3) is 0 Å².